The number of nitrogens with zero attached hydrogens (tertiary/aromatic N) is 1. The van der Waals surface area contributed by atoms with Crippen molar-refractivity contribution in [2.75, 3.05) is 13.6 Å². The molecule has 0 saturated carbocycles. The third-order valence-corrected chi connectivity index (χ3v) is 2.39. The van der Waals surface area contributed by atoms with Crippen molar-refractivity contribution < 1.29 is 9.59 Å². The molecule has 1 aromatic rings. The van der Waals surface area contributed by atoms with Crippen LogP contribution in [-0.2, 0) is 4.79 Å². The Labute approximate surface area is 104 Å². The minimum atomic E-state index is -0.555. The summed E-state index contributed by atoms with van der Waals surface area (Å²) in [6.07, 6.45) is 0. The van der Waals surface area contributed by atoms with Crippen LogP contribution in [0, 0.1) is 0 Å². The van der Waals surface area contributed by atoms with Gasteiger partial charge in [-0.05, 0) is 12.1 Å². The Kier molecular flexibility index (Phi) is 4.17. The molecular weight excluding hydrogens is 238 g/mol. The SMILES string of the molecule is CN(CC(N)=O)C(=O)c1ccc(C(N)=S)cc1. The molecule has 0 aliphatic heterocycles. The number of benzene rings is 1. The number of hydrogen-bond acceptors (Lipinski definition) is 3. The number of nitrogens with two attached hydrogens (primary N) is 2. The van der Waals surface area contributed by atoms with Crippen LogP contribution in [0.1, 0.15) is 15.9 Å². The number of carbonyl (C=O) groups excluding carboxylic acids is 2. The average molecular weight is 251 g/mol. The van der Waals surface area contributed by atoms with E-state index in [2.05, 4.69) is 0 Å². The molecule has 0 unspecified atom stereocenters. The molecule has 0 aliphatic rings. The van der Waals surface area contributed by atoms with Crippen LogP contribution < -0.4 is 11.5 Å². The fraction of sp³-hybridized carbons (Fsp3) is 0.182. The van der Waals surface area contributed by atoms with Crippen LogP contribution in [0.15, 0.2) is 24.3 Å². The minimum Gasteiger partial charge on any atom is -0.389 e. The summed E-state index contributed by atoms with van der Waals surface area (Å²) < 4.78 is 0. The summed E-state index contributed by atoms with van der Waals surface area (Å²) >= 11 is 4.80. The quantitative estimate of drug-likeness (QED) is 0.730. The lowest BCUT2D eigenvalue weighted by atomic mass is 10.1. The Morgan fingerprint density at radius 2 is 1.65 bits per heavy atom. The predicted octanol–water partition coefficient (Wildman–Crippen LogP) is -0.122. The van der Waals surface area contributed by atoms with Gasteiger partial charge in [0.2, 0.25) is 5.91 Å². The van der Waals surface area contributed by atoms with Crippen molar-refractivity contribution in [3.05, 3.63) is 35.4 Å². The van der Waals surface area contributed by atoms with E-state index in [0.717, 1.165) is 0 Å². The van der Waals surface area contributed by atoms with Crippen LogP contribution >= 0.6 is 12.2 Å². The van der Waals surface area contributed by atoms with E-state index in [0.29, 0.717) is 11.1 Å². The molecule has 5 nitrogen and oxygen atoms in total. The van der Waals surface area contributed by atoms with Crippen LogP contribution in [0.3, 0.4) is 0 Å². The molecule has 0 heterocycles. The van der Waals surface area contributed by atoms with Gasteiger partial charge in [0.25, 0.3) is 5.91 Å². The number of carbonyl (C=O) groups is 2. The van der Waals surface area contributed by atoms with Crippen molar-refractivity contribution in [3.8, 4) is 0 Å². The van der Waals surface area contributed by atoms with E-state index in [9.17, 15) is 9.59 Å². The van der Waals surface area contributed by atoms with Crippen molar-refractivity contribution in [1.82, 2.24) is 4.90 Å². The molecule has 0 bridgehead atoms. The largest absolute Gasteiger partial charge is 0.389 e. The van der Waals surface area contributed by atoms with Crippen LogP contribution in [-0.4, -0.2) is 35.3 Å². The van der Waals surface area contributed by atoms with Gasteiger partial charge in [0.1, 0.15) is 4.99 Å². The van der Waals surface area contributed by atoms with Crippen LogP contribution in [0.4, 0.5) is 0 Å². The van der Waals surface area contributed by atoms with Crippen molar-refractivity contribution >= 4 is 29.0 Å². The molecule has 0 aliphatic carbocycles. The number of hydrogen-bond donors (Lipinski definition) is 2. The van der Waals surface area contributed by atoms with E-state index < -0.39 is 5.91 Å². The first-order valence-corrected chi connectivity index (χ1v) is 5.26. The van der Waals surface area contributed by atoms with Gasteiger partial charge < -0.3 is 16.4 Å². The highest BCUT2D eigenvalue weighted by Crippen LogP contribution is 2.06. The van der Waals surface area contributed by atoms with Gasteiger partial charge in [-0.1, -0.05) is 24.4 Å². The summed E-state index contributed by atoms with van der Waals surface area (Å²) in [5, 5.41) is 0. The highest BCUT2D eigenvalue weighted by Gasteiger charge is 2.13. The Hall–Kier alpha value is -1.95. The molecule has 0 spiro atoms. The predicted molar refractivity (Wildman–Crippen MR) is 68.5 cm³/mol. The zero-order valence-electron chi connectivity index (χ0n) is 9.34. The van der Waals surface area contributed by atoms with E-state index in [-0.39, 0.29) is 17.4 Å². The molecule has 2 amide bonds. The van der Waals surface area contributed by atoms with Gasteiger partial charge in [-0.15, -0.1) is 0 Å². The zero-order valence-corrected chi connectivity index (χ0v) is 10.2. The van der Waals surface area contributed by atoms with Crippen LogP contribution in [0.5, 0.6) is 0 Å². The van der Waals surface area contributed by atoms with Crippen LogP contribution in [0.25, 0.3) is 0 Å². The van der Waals surface area contributed by atoms with E-state index in [1.807, 2.05) is 0 Å². The second-order valence-corrected chi connectivity index (χ2v) is 4.01. The van der Waals surface area contributed by atoms with Gasteiger partial charge in [-0.25, -0.2) is 0 Å². The number of rotatable bonds is 4. The van der Waals surface area contributed by atoms with E-state index in [1.54, 1.807) is 24.3 Å². The van der Waals surface area contributed by atoms with E-state index in [1.165, 1.54) is 11.9 Å². The van der Waals surface area contributed by atoms with Gasteiger partial charge in [0.15, 0.2) is 0 Å². The molecule has 0 radical (unpaired) electrons. The minimum absolute atomic E-state index is 0.115. The number of amides is 2. The summed E-state index contributed by atoms with van der Waals surface area (Å²) in [6, 6.07) is 6.53. The first-order valence-electron chi connectivity index (χ1n) is 4.85. The fourth-order valence-corrected chi connectivity index (χ4v) is 1.44. The lowest BCUT2D eigenvalue weighted by Crippen LogP contribution is -2.35. The van der Waals surface area contributed by atoms with E-state index >= 15 is 0 Å². The zero-order chi connectivity index (χ0) is 13.0. The summed E-state index contributed by atoms with van der Waals surface area (Å²) in [5.74, 6) is -0.834. The molecule has 0 aromatic heterocycles. The summed E-state index contributed by atoms with van der Waals surface area (Å²) in [6.45, 7) is -0.115. The monoisotopic (exact) mass is 251 g/mol. The summed E-state index contributed by atoms with van der Waals surface area (Å²) in [5.41, 5.74) is 11.6. The van der Waals surface area contributed by atoms with Gasteiger partial charge in [-0.2, -0.15) is 0 Å². The van der Waals surface area contributed by atoms with Crippen LogP contribution in [0.2, 0.25) is 0 Å². The van der Waals surface area contributed by atoms with Crippen molar-refractivity contribution in [3.63, 3.8) is 0 Å². The molecule has 0 saturated heterocycles. The fourth-order valence-electron chi connectivity index (χ4n) is 1.30. The van der Waals surface area contributed by atoms with Crippen molar-refractivity contribution in [1.29, 1.82) is 0 Å². The molecule has 1 rings (SSSR count). The standard InChI is InChI=1S/C11H13N3O2S/c1-14(6-9(12)15)11(16)8-4-2-7(3-5-8)10(13)17/h2-5H,6H2,1H3,(H2,12,15)(H2,13,17). The second kappa shape index (κ2) is 5.40. The molecule has 4 N–H and O–H groups in total. The highest BCUT2D eigenvalue weighted by molar-refractivity contribution is 7.80. The highest BCUT2D eigenvalue weighted by atomic mass is 32.1. The lowest BCUT2D eigenvalue weighted by molar-refractivity contribution is -0.118. The Bertz CT molecular complexity index is 456. The molecule has 6 heteroatoms. The maximum Gasteiger partial charge on any atom is 0.254 e. The first-order chi connectivity index (χ1) is 7.91. The lowest BCUT2D eigenvalue weighted by Gasteiger charge is -2.15. The Morgan fingerprint density at radius 3 is 2.06 bits per heavy atom. The number of thiocarbonyl (C=S) groups is 1. The normalized spacial score (nSPS) is 9.71. The van der Waals surface area contributed by atoms with E-state index in [4.69, 9.17) is 23.7 Å². The Balaban J connectivity index is 2.82. The number of likely N-dealkylation sites (N-methyl/N-ethyl adjacent to an activating group) is 1. The molecule has 0 atom stereocenters. The Morgan fingerprint density at radius 1 is 1.18 bits per heavy atom. The molecule has 90 valence electrons. The topological polar surface area (TPSA) is 89.4 Å². The molecule has 1 aromatic carbocycles. The maximum absolute atomic E-state index is 11.8. The molecular formula is C11H13N3O2S. The maximum atomic E-state index is 11.8. The third kappa shape index (κ3) is 3.53. The first kappa shape index (κ1) is 13.1. The van der Waals surface area contributed by atoms with Crippen molar-refractivity contribution in [2.45, 2.75) is 0 Å². The third-order valence-electron chi connectivity index (χ3n) is 2.16. The molecule has 0 fully saturated rings. The summed E-state index contributed by atoms with van der Waals surface area (Å²) in [7, 11) is 1.51. The number of primary amides is 1. The summed E-state index contributed by atoms with van der Waals surface area (Å²) in [4.78, 5) is 24.0. The smallest absolute Gasteiger partial charge is 0.254 e. The second-order valence-electron chi connectivity index (χ2n) is 3.57. The average Bonchev–Trinajstić information content (AvgIpc) is 2.27. The van der Waals surface area contributed by atoms with Gasteiger partial charge >= 0.3 is 0 Å². The van der Waals surface area contributed by atoms with Gasteiger partial charge in [0, 0.05) is 18.2 Å². The molecule has 17 heavy (non-hydrogen) atoms. The van der Waals surface area contributed by atoms with Crippen molar-refractivity contribution in [2.24, 2.45) is 11.5 Å². The van der Waals surface area contributed by atoms with Gasteiger partial charge in [0.05, 0.1) is 6.54 Å². The van der Waals surface area contributed by atoms with Gasteiger partial charge in [-0.3, -0.25) is 9.59 Å².